The van der Waals surface area contributed by atoms with E-state index in [1.165, 1.54) is 0 Å². The first-order valence-electron chi connectivity index (χ1n) is 7.23. The second-order valence-corrected chi connectivity index (χ2v) is 5.65. The lowest BCUT2D eigenvalue weighted by molar-refractivity contribution is -0.719. The molecule has 0 aromatic heterocycles. The number of rotatable bonds is 5. The Balaban J connectivity index is 2.26. The quantitative estimate of drug-likeness (QED) is 0.780. The van der Waals surface area contributed by atoms with Gasteiger partial charge in [-0.05, 0) is 13.0 Å². The number of nitrogens with one attached hydrogen (secondary N) is 1. The Hall–Kier alpha value is -2.37. The zero-order chi connectivity index (χ0) is 16.8. The number of hydrogen-bond donors (Lipinski definition) is 3. The highest BCUT2D eigenvalue weighted by Gasteiger charge is 2.28. The lowest BCUT2D eigenvalue weighted by Gasteiger charge is -2.20. The van der Waals surface area contributed by atoms with Gasteiger partial charge in [0, 0.05) is 16.1 Å². The molecular formula is C17H19ClN3O2+. The summed E-state index contributed by atoms with van der Waals surface area (Å²) in [7, 11) is 0. The third-order valence-electron chi connectivity index (χ3n) is 3.56. The van der Waals surface area contributed by atoms with E-state index in [1.807, 2.05) is 66.8 Å². The highest BCUT2D eigenvalue weighted by Crippen LogP contribution is 2.21. The van der Waals surface area contributed by atoms with Crippen LogP contribution in [0.3, 0.4) is 0 Å². The lowest BCUT2D eigenvalue weighted by Crippen LogP contribution is -2.88. The monoisotopic (exact) mass is 332 g/mol. The van der Waals surface area contributed by atoms with E-state index in [1.54, 1.807) is 0 Å². The molecule has 0 heterocycles. The molecule has 0 saturated heterocycles. The molecule has 0 aliphatic rings. The first kappa shape index (κ1) is 17.0. The largest absolute Gasteiger partial charge is 0.351 e. The zero-order valence-corrected chi connectivity index (χ0v) is 13.5. The molecule has 2 rings (SSSR count). The number of carbonyl (C=O) groups is 2. The second kappa shape index (κ2) is 7.76. The van der Waals surface area contributed by atoms with Crippen molar-refractivity contribution in [3.63, 3.8) is 0 Å². The molecule has 0 bridgehead atoms. The van der Waals surface area contributed by atoms with Crippen molar-refractivity contribution in [2.75, 3.05) is 0 Å². The number of nitrogens with two attached hydrogens (primary N) is 2. The average Bonchev–Trinajstić information content (AvgIpc) is 2.53. The fourth-order valence-electron chi connectivity index (χ4n) is 2.45. The average molecular weight is 333 g/mol. The molecule has 23 heavy (non-hydrogen) atoms. The van der Waals surface area contributed by atoms with Crippen molar-refractivity contribution >= 4 is 23.5 Å². The smallest absolute Gasteiger partial charge is 0.319 e. The number of quaternary nitrogens is 1. The number of carbonyl (C=O) groups excluding carboxylic acids is 2. The minimum Gasteiger partial charge on any atom is -0.351 e. The van der Waals surface area contributed by atoms with Crippen LogP contribution in [-0.2, 0) is 4.79 Å². The number of halogens is 1. The van der Waals surface area contributed by atoms with E-state index in [0.29, 0.717) is 5.02 Å². The summed E-state index contributed by atoms with van der Waals surface area (Å²) >= 11 is 6.22. The van der Waals surface area contributed by atoms with E-state index >= 15 is 0 Å². The predicted molar refractivity (Wildman–Crippen MR) is 88.7 cm³/mol. The van der Waals surface area contributed by atoms with Crippen LogP contribution in [0.25, 0.3) is 0 Å². The standard InChI is InChI=1S/C17H18ClN3O2/c1-11(13-9-5-6-10-14(13)18)20-15(16(22)21-17(19)23)12-7-3-2-4-8-12/h2-11,15,20H,1H3,(H3,19,21,22,23)/p+1/t11-,15+/m0/s1. The fourth-order valence-corrected chi connectivity index (χ4v) is 2.75. The molecule has 0 saturated carbocycles. The van der Waals surface area contributed by atoms with Crippen molar-refractivity contribution in [3.05, 3.63) is 70.7 Å². The maximum Gasteiger partial charge on any atom is 0.319 e. The van der Waals surface area contributed by atoms with Gasteiger partial charge in [-0.1, -0.05) is 60.1 Å². The summed E-state index contributed by atoms with van der Waals surface area (Å²) in [6.07, 6.45) is 0. The van der Waals surface area contributed by atoms with Crippen LogP contribution in [0.5, 0.6) is 0 Å². The predicted octanol–water partition coefficient (Wildman–Crippen LogP) is 1.90. The molecular weight excluding hydrogens is 314 g/mol. The first-order valence-corrected chi connectivity index (χ1v) is 7.61. The normalized spacial score (nSPS) is 13.1. The van der Waals surface area contributed by atoms with Crippen LogP contribution in [-0.4, -0.2) is 11.9 Å². The minimum atomic E-state index is -0.866. The van der Waals surface area contributed by atoms with Gasteiger partial charge in [0.2, 0.25) is 0 Å². The SMILES string of the molecule is C[C@H]([NH2+][C@@H](C(=O)NC(N)=O)c1ccccc1)c1ccccc1Cl. The molecule has 6 heteroatoms. The summed E-state index contributed by atoms with van der Waals surface area (Å²) in [4.78, 5) is 23.3. The molecule has 0 aliphatic carbocycles. The van der Waals surface area contributed by atoms with Crippen LogP contribution >= 0.6 is 11.6 Å². The Kier molecular flexibility index (Phi) is 5.73. The number of imide groups is 1. The van der Waals surface area contributed by atoms with Crippen LogP contribution in [0.2, 0.25) is 5.02 Å². The summed E-state index contributed by atoms with van der Waals surface area (Å²) in [5.74, 6) is -0.456. The van der Waals surface area contributed by atoms with Crippen molar-refractivity contribution in [1.29, 1.82) is 0 Å². The van der Waals surface area contributed by atoms with Crippen molar-refractivity contribution < 1.29 is 14.9 Å². The molecule has 2 atom stereocenters. The maximum atomic E-state index is 12.3. The van der Waals surface area contributed by atoms with Crippen molar-refractivity contribution in [2.45, 2.75) is 19.0 Å². The summed E-state index contributed by atoms with van der Waals surface area (Å²) in [5, 5.41) is 4.64. The van der Waals surface area contributed by atoms with E-state index < -0.39 is 18.0 Å². The second-order valence-electron chi connectivity index (χ2n) is 5.24. The fraction of sp³-hybridized carbons (Fsp3) is 0.176. The Morgan fingerprint density at radius 1 is 1.09 bits per heavy atom. The van der Waals surface area contributed by atoms with E-state index in [4.69, 9.17) is 17.3 Å². The Morgan fingerprint density at radius 2 is 1.70 bits per heavy atom. The number of amides is 3. The van der Waals surface area contributed by atoms with Gasteiger partial charge in [-0.3, -0.25) is 10.1 Å². The number of hydrogen-bond acceptors (Lipinski definition) is 2. The van der Waals surface area contributed by atoms with Crippen molar-refractivity contribution in [3.8, 4) is 0 Å². The number of primary amides is 1. The van der Waals surface area contributed by atoms with Crippen LogP contribution in [0, 0.1) is 0 Å². The first-order chi connectivity index (χ1) is 11.0. The van der Waals surface area contributed by atoms with E-state index in [2.05, 4.69) is 5.32 Å². The van der Waals surface area contributed by atoms with Gasteiger partial charge in [-0.15, -0.1) is 0 Å². The summed E-state index contributed by atoms with van der Waals surface area (Å²) < 4.78 is 0. The molecule has 0 spiro atoms. The van der Waals surface area contributed by atoms with Crippen molar-refractivity contribution in [1.82, 2.24) is 5.32 Å². The molecule has 5 nitrogen and oxygen atoms in total. The zero-order valence-electron chi connectivity index (χ0n) is 12.7. The highest BCUT2D eigenvalue weighted by molar-refractivity contribution is 6.31. The summed E-state index contributed by atoms with van der Waals surface area (Å²) in [6.45, 7) is 1.95. The summed E-state index contributed by atoms with van der Waals surface area (Å²) in [5.41, 5.74) is 6.77. The third kappa shape index (κ3) is 4.55. The third-order valence-corrected chi connectivity index (χ3v) is 3.91. The topological polar surface area (TPSA) is 88.8 Å². The molecule has 3 amide bonds. The van der Waals surface area contributed by atoms with Gasteiger partial charge in [0.15, 0.2) is 6.04 Å². The van der Waals surface area contributed by atoms with Crippen LogP contribution in [0.4, 0.5) is 4.79 Å². The molecule has 0 aliphatic heterocycles. The van der Waals surface area contributed by atoms with Gasteiger partial charge in [0.05, 0.1) is 0 Å². The van der Waals surface area contributed by atoms with Crippen LogP contribution < -0.4 is 16.4 Å². The Bertz CT molecular complexity index is 691. The van der Waals surface area contributed by atoms with Crippen LogP contribution in [0.1, 0.15) is 30.1 Å². The highest BCUT2D eigenvalue weighted by atomic mass is 35.5. The molecule has 120 valence electrons. The molecule has 0 fully saturated rings. The van der Waals surface area contributed by atoms with Gasteiger partial charge in [-0.2, -0.15) is 0 Å². The van der Waals surface area contributed by atoms with Gasteiger partial charge < -0.3 is 11.1 Å². The maximum absolute atomic E-state index is 12.3. The Morgan fingerprint density at radius 3 is 2.30 bits per heavy atom. The van der Waals surface area contributed by atoms with Gasteiger partial charge >= 0.3 is 6.03 Å². The van der Waals surface area contributed by atoms with Gasteiger partial charge in [0.1, 0.15) is 6.04 Å². The van der Waals surface area contributed by atoms with E-state index in [9.17, 15) is 9.59 Å². The van der Waals surface area contributed by atoms with Crippen LogP contribution in [0.15, 0.2) is 54.6 Å². The molecule has 0 unspecified atom stereocenters. The molecule has 5 N–H and O–H groups in total. The van der Waals surface area contributed by atoms with E-state index in [-0.39, 0.29) is 6.04 Å². The van der Waals surface area contributed by atoms with Gasteiger partial charge in [0.25, 0.3) is 5.91 Å². The minimum absolute atomic E-state index is 0.0764. The molecule has 2 aromatic carbocycles. The number of benzene rings is 2. The van der Waals surface area contributed by atoms with E-state index in [0.717, 1.165) is 11.1 Å². The summed E-state index contributed by atoms with van der Waals surface area (Å²) in [6, 6.07) is 15.1. The number of urea groups is 1. The molecule has 2 aromatic rings. The van der Waals surface area contributed by atoms with Gasteiger partial charge in [-0.25, -0.2) is 4.79 Å². The Labute approximate surface area is 139 Å². The van der Waals surface area contributed by atoms with Crippen molar-refractivity contribution in [2.24, 2.45) is 5.73 Å². The lowest BCUT2D eigenvalue weighted by atomic mass is 10.0. The molecule has 0 radical (unpaired) electrons.